The Morgan fingerprint density at radius 3 is 2.64 bits per heavy atom. The number of morpholine rings is 1. The number of alkyl halides is 2. The lowest BCUT2D eigenvalue weighted by Crippen LogP contribution is -2.48. The number of nitrogens with zero attached hydrogens (tertiary/aromatic N) is 1. The zero-order valence-corrected chi connectivity index (χ0v) is 6.14. The quantitative estimate of drug-likeness (QED) is 0.521. The van der Waals surface area contributed by atoms with Gasteiger partial charge in [0.15, 0.2) is 0 Å². The molecule has 0 aromatic carbocycles. The van der Waals surface area contributed by atoms with E-state index >= 15 is 0 Å². The zero-order chi connectivity index (χ0) is 8.48. The van der Waals surface area contributed by atoms with E-state index in [9.17, 15) is 13.6 Å². The van der Waals surface area contributed by atoms with Crippen molar-refractivity contribution in [2.75, 3.05) is 19.7 Å². The molecule has 0 atom stereocenters. The van der Waals surface area contributed by atoms with Crippen molar-refractivity contribution in [1.29, 1.82) is 0 Å². The lowest BCUT2D eigenvalue weighted by molar-refractivity contribution is -0.267. The van der Waals surface area contributed by atoms with Crippen LogP contribution in [0.4, 0.5) is 8.78 Å². The van der Waals surface area contributed by atoms with E-state index in [1.54, 1.807) is 0 Å². The van der Waals surface area contributed by atoms with E-state index in [0.717, 1.165) is 4.90 Å². The maximum Gasteiger partial charge on any atom is 0.373 e. The molecule has 0 aliphatic carbocycles. The Morgan fingerprint density at radius 1 is 1.64 bits per heavy atom. The van der Waals surface area contributed by atoms with Crippen LogP contribution in [0.3, 0.4) is 0 Å². The number of amides is 1. The molecular weight excluding hydrogens is 156 g/mol. The molecule has 11 heavy (non-hydrogen) atoms. The summed E-state index contributed by atoms with van der Waals surface area (Å²) < 4.78 is 28.9. The number of ether oxygens (including phenoxy) is 1. The van der Waals surface area contributed by atoms with Gasteiger partial charge < -0.3 is 9.64 Å². The van der Waals surface area contributed by atoms with Gasteiger partial charge in [0.05, 0.1) is 6.61 Å². The summed E-state index contributed by atoms with van der Waals surface area (Å²) in [5.41, 5.74) is 0. The van der Waals surface area contributed by atoms with Crippen LogP contribution in [0.5, 0.6) is 0 Å². The highest BCUT2D eigenvalue weighted by Gasteiger charge is 2.37. The highest BCUT2D eigenvalue weighted by molar-refractivity contribution is 5.73. The van der Waals surface area contributed by atoms with E-state index in [1.165, 1.54) is 6.92 Å². The van der Waals surface area contributed by atoms with E-state index < -0.39 is 12.7 Å². The molecule has 0 spiro atoms. The first-order chi connectivity index (χ1) is 5.01. The minimum atomic E-state index is -3.16. The van der Waals surface area contributed by atoms with Crippen LogP contribution in [-0.2, 0) is 9.53 Å². The fraction of sp³-hybridized carbons (Fsp3) is 0.833. The average Bonchev–Trinajstić information content (AvgIpc) is 1.85. The Kier molecular flexibility index (Phi) is 2.08. The topological polar surface area (TPSA) is 29.5 Å². The van der Waals surface area contributed by atoms with Gasteiger partial charge in [-0.1, -0.05) is 0 Å². The maximum atomic E-state index is 12.4. The third kappa shape index (κ3) is 2.11. The van der Waals surface area contributed by atoms with Crippen molar-refractivity contribution in [3.8, 4) is 0 Å². The summed E-state index contributed by atoms with van der Waals surface area (Å²) in [6.07, 6.45) is -3.16. The van der Waals surface area contributed by atoms with Crippen molar-refractivity contribution in [1.82, 2.24) is 4.90 Å². The van der Waals surface area contributed by atoms with Crippen LogP contribution in [-0.4, -0.2) is 36.6 Å². The molecule has 1 amide bonds. The van der Waals surface area contributed by atoms with Gasteiger partial charge in [0, 0.05) is 13.5 Å². The van der Waals surface area contributed by atoms with Gasteiger partial charge in [0.25, 0.3) is 0 Å². The largest absolute Gasteiger partial charge is 0.373 e. The molecule has 5 heteroatoms. The monoisotopic (exact) mass is 165 g/mol. The number of halogens is 2. The second-order valence-electron chi connectivity index (χ2n) is 2.43. The highest BCUT2D eigenvalue weighted by atomic mass is 19.3. The van der Waals surface area contributed by atoms with Crippen molar-refractivity contribution >= 4 is 5.91 Å². The normalized spacial score (nSPS) is 23.4. The Labute approximate surface area is 62.9 Å². The summed E-state index contributed by atoms with van der Waals surface area (Å²) in [6.45, 7) is 0.807. The van der Waals surface area contributed by atoms with Crippen LogP contribution in [0.2, 0.25) is 0 Å². The number of hydrogen-bond acceptors (Lipinski definition) is 2. The summed E-state index contributed by atoms with van der Waals surface area (Å²) in [4.78, 5) is 11.7. The smallest absolute Gasteiger partial charge is 0.332 e. The first kappa shape index (κ1) is 8.39. The molecule has 3 nitrogen and oxygen atoms in total. The van der Waals surface area contributed by atoms with Crippen LogP contribution in [0.1, 0.15) is 6.92 Å². The number of carbonyl (C=O) groups excluding carboxylic acids is 1. The lowest BCUT2D eigenvalue weighted by atomic mass is 10.4. The van der Waals surface area contributed by atoms with Gasteiger partial charge in [-0.2, -0.15) is 8.78 Å². The fourth-order valence-electron chi connectivity index (χ4n) is 0.921. The molecule has 0 bridgehead atoms. The van der Waals surface area contributed by atoms with Crippen LogP contribution in [0.15, 0.2) is 0 Å². The Balaban J connectivity index is 2.53. The molecule has 1 aliphatic heterocycles. The molecule has 1 fully saturated rings. The standard InChI is InChI=1S/C6H9F2NO2/c1-5(10)9-2-3-11-6(7,8)4-9/h2-4H2,1H3. The minimum absolute atomic E-state index is 0.0907. The predicted octanol–water partition coefficient (Wildman–Crippen LogP) is 0.458. The molecule has 1 rings (SSSR count). The first-order valence-electron chi connectivity index (χ1n) is 3.28. The summed E-state index contributed by atoms with van der Waals surface area (Å²) in [5, 5.41) is 0. The second-order valence-corrected chi connectivity index (χ2v) is 2.43. The molecule has 1 aliphatic rings. The molecule has 0 N–H and O–H groups in total. The van der Waals surface area contributed by atoms with E-state index in [-0.39, 0.29) is 19.1 Å². The molecule has 1 heterocycles. The summed E-state index contributed by atoms with van der Waals surface area (Å²) in [7, 11) is 0. The number of rotatable bonds is 0. The van der Waals surface area contributed by atoms with Gasteiger partial charge >= 0.3 is 6.11 Å². The molecule has 0 unspecified atom stereocenters. The summed E-state index contributed by atoms with van der Waals surface area (Å²) in [6, 6.07) is 0. The van der Waals surface area contributed by atoms with Crippen molar-refractivity contribution < 1.29 is 18.3 Å². The number of carbonyl (C=O) groups is 1. The Hall–Kier alpha value is -0.710. The van der Waals surface area contributed by atoms with Gasteiger partial charge in [-0.3, -0.25) is 4.79 Å². The van der Waals surface area contributed by atoms with Gasteiger partial charge in [0.2, 0.25) is 5.91 Å². The van der Waals surface area contributed by atoms with Gasteiger partial charge in [0.1, 0.15) is 6.54 Å². The second kappa shape index (κ2) is 2.73. The van der Waals surface area contributed by atoms with Crippen molar-refractivity contribution in [2.45, 2.75) is 13.0 Å². The third-order valence-electron chi connectivity index (χ3n) is 1.49. The lowest BCUT2D eigenvalue weighted by Gasteiger charge is -2.31. The third-order valence-corrected chi connectivity index (χ3v) is 1.49. The van der Waals surface area contributed by atoms with Crippen LogP contribution in [0, 0.1) is 0 Å². The SMILES string of the molecule is CC(=O)N1CCOC(F)(F)C1. The maximum absolute atomic E-state index is 12.4. The highest BCUT2D eigenvalue weighted by Crippen LogP contribution is 2.20. The van der Waals surface area contributed by atoms with E-state index in [0.29, 0.717) is 0 Å². The van der Waals surface area contributed by atoms with Crippen LogP contribution in [0.25, 0.3) is 0 Å². The minimum Gasteiger partial charge on any atom is -0.332 e. The molecular formula is C6H9F2NO2. The first-order valence-corrected chi connectivity index (χ1v) is 3.28. The Morgan fingerprint density at radius 2 is 2.27 bits per heavy atom. The van der Waals surface area contributed by atoms with Gasteiger partial charge in [-0.05, 0) is 0 Å². The van der Waals surface area contributed by atoms with Crippen LogP contribution < -0.4 is 0 Å². The van der Waals surface area contributed by atoms with E-state index in [1.807, 2.05) is 0 Å². The predicted molar refractivity (Wildman–Crippen MR) is 33.2 cm³/mol. The van der Waals surface area contributed by atoms with Gasteiger partial charge in [-0.25, -0.2) is 0 Å². The van der Waals surface area contributed by atoms with Crippen LogP contribution >= 0.6 is 0 Å². The molecule has 0 radical (unpaired) electrons. The number of hydrogen-bond donors (Lipinski definition) is 0. The van der Waals surface area contributed by atoms with E-state index in [2.05, 4.69) is 4.74 Å². The molecule has 64 valence electrons. The molecule has 0 aromatic heterocycles. The van der Waals surface area contributed by atoms with Crippen molar-refractivity contribution in [3.05, 3.63) is 0 Å². The van der Waals surface area contributed by atoms with E-state index in [4.69, 9.17) is 0 Å². The molecule has 0 saturated carbocycles. The average molecular weight is 165 g/mol. The Bertz CT molecular complexity index is 172. The molecule has 0 aromatic rings. The van der Waals surface area contributed by atoms with Crippen molar-refractivity contribution in [3.63, 3.8) is 0 Å². The van der Waals surface area contributed by atoms with Crippen molar-refractivity contribution in [2.24, 2.45) is 0 Å². The summed E-state index contributed by atoms with van der Waals surface area (Å²) >= 11 is 0. The molecule has 1 saturated heterocycles. The zero-order valence-electron chi connectivity index (χ0n) is 6.14. The van der Waals surface area contributed by atoms with Gasteiger partial charge in [-0.15, -0.1) is 0 Å². The summed E-state index contributed by atoms with van der Waals surface area (Å²) in [5.74, 6) is -0.340. The fourth-order valence-corrected chi connectivity index (χ4v) is 0.921.